The number of fused-ring (bicyclic) bond motifs is 1. The van der Waals surface area contributed by atoms with Crippen LogP contribution in [0.1, 0.15) is 17.4 Å². The molecular weight excluding hydrogens is 249 g/mol. The maximum atomic E-state index is 13.8. The van der Waals surface area contributed by atoms with Crippen molar-refractivity contribution < 1.29 is 18.7 Å². The zero-order valence-corrected chi connectivity index (χ0v) is 10.7. The van der Waals surface area contributed by atoms with E-state index in [9.17, 15) is 9.18 Å². The Morgan fingerprint density at radius 2 is 2.21 bits per heavy atom. The van der Waals surface area contributed by atoms with Crippen LogP contribution < -0.4 is 4.74 Å². The third-order valence-corrected chi connectivity index (χ3v) is 2.76. The molecule has 0 fully saturated rings. The van der Waals surface area contributed by atoms with Crippen LogP contribution in [0.3, 0.4) is 0 Å². The van der Waals surface area contributed by atoms with Crippen molar-refractivity contribution in [3.05, 3.63) is 35.8 Å². The molecule has 100 valence electrons. The number of carbonyl (C=O) groups excluding carboxylic acids is 1. The van der Waals surface area contributed by atoms with Gasteiger partial charge in [-0.2, -0.15) is 0 Å². The summed E-state index contributed by atoms with van der Waals surface area (Å²) in [5.41, 5.74) is 0.821. The number of carbonyl (C=O) groups is 1. The zero-order chi connectivity index (χ0) is 13.8. The number of ether oxygens (including phenoxy) is 2. The highest BCUT2D eigenvalue weighted by Crippen LogP contribution is 2.24. The molecule has 0 bridgehead atoms. The highest BCUT2D eigenvalue weighted by atomic mass is 19.1. The summed E-state index contributed by atoms with van der Waals surface area (Å²) in [5, 5.41) is 0.621. The van der Waals surface area contributed by atoms with Gasteiger partial charge in [-0.05, 0) is 19.1 Å². The number of benzene rings is 1. The second-order valence-electron chi connectivity index (χ2n) is 4.19. The lowest BCUT2D eigenvalue weighted by molar-refractivity contribution is 0.0702. The molecule has 4 nitrogen and oxygen atoms in total. The molecule has 0 unspecified atom stereocenters. The van der Waals surface area contributed by atoms with Crippen molar-refractivity contribution in [1.82, 2.24) is 4.98 Å². The van der Waals surface area contributed by atoms with E-state index in [0.717, 1.165) is 0 Å². The average Bonchev–Trinajstić information content (AvgIpc) is 2.44. The van der Waals surface area contributed by atoms with Gasteiger partial charge in [0.05, 0.1) is 11.6 Å². The number of methoxy groups -OCH3 is 1. The zero-order valence-electron chi connectivity index (χ0n) is 10.7. The van der Waals surface area contributed by atoms with Crippen molar-refractivity contribution >= 4 is 17.2 Å². The van der Waals surface area contributed by atoms with Gasteiger partial charge in [-0.3, -0.25) is 4.79 Å². The van der Waals surface area contributed by atoms with E-state index in [1.165, 1.54) is 12.1 Å². The molecule has 0 aliphatic heterocycles. The molecule has 5 heteroatoms. The van der Waals surface area contributed by atoms with Gasteiger partial charge in [0.15, 0.2) is 17.9 Å². The van der Waals surface area contributed by atoms with Crippen molar-refractivity contribution in [2.24, 2.45) is 0 Å². The van der Waals surface area contributed by atoms with E-state index >= 15 is 0 Å². The molecule has 1 atom stereocenters. The van der Waals surface area contributed by atoms with Gasteiger partial charge in [0.1, 0.15) is 12.3 Å². The van der Waals surface area contributed by atoms with Crippen LogP contribution in [0.4, 0.5) is 4.39 Å². The van der Waals surface area contributed by atoms with Crippen LogP contribution in [-0.2, 0) is 4.74 Å². The molecular formula is C14H14FNO3. The molecule has 0 aliphatic carbocycles. The summed E-state index contributed by atoms with van der Waals surface area (Å²) in [6, 6.07) is 6.02. The Balaban J connectivity index is 2.33. The molecule has 1 aromatic heterocycles. The van der Waals surface area contributed by atoms with Gasteiger partial charge in [0, 0.05) is 18.6 Å². The van der Waals surface area contributed by atoms with Crippen molar-refractivity contribution in [2.75, 3.05) is 13.7 Å². The van der Waals surface area contributed by atoms with Gasteiger partial charge < -0.3 is 9.47 Å². The first kappa shape index (κ1) is 13.4. The van der Waals surface area contributed by atoms with Crippen LogP contribution in [0.2, 0.25) is 0 Å². The summed E-state index contributed by atoms with van der Waals surface area (Å²) in [4.78, 5) is 14.8. The maximum absolute atomic E-state index is 13.8. The highest BCUT2D eigenvalue weighted by Gasteiger charge is 2.09. The minimum Gasteiger partial charge on any atom is -0.488 e. The lowest BCUT2D eigenvalue weighted by atomic mass is 10.2. The van der Waals surface area contributed by atoms with E-state index < -0.39 is 5.82 Å². The van der Waals surface area contributed by atoms with Gasteiger partial charge >= 0.3 is 0 Å². The first-order valence-electron chi connectivity index (χ1n) is 5.85. The maximum Gasteiger partial charge on any atom is 0.168 e. The Kier molecular flexibility index (Phi) is 4.06. The van der Waals surface area contributed by atoms with E-state index in [1.807, 2.05) is 6.92 Å². The van der Waals surface area contributed by atoms with Crippen LogP contribution in [0.15, 0.2) is 24.3 Å². The predicted molar refractivity (Wildman–Crippen MR) is 69.1 cm³/mol. The standard InChI is InChI=1S/C14H14FNO3/c1-9(18-2)8-19-14-6-13-10(5-12(14)15)3-4-11(7-17)16-13/h3-7,9H,8H2,1-2H3/t9-/m1/s1. The fraction of sp³-hybridized carbons (Fsp3) is 0.286. The van der Waals surface area contributed by atoms with Crippen LogP contribution in [0.5, 0.6) is 5.75 Å². The van der Waals surface area contributed by atoms with Gasteiger partial charge in [-0.15, -0.1) is 0 Å². The second kappa shape index (κ2) is 5.75. The number of aldehydes is 1. The van der Waals surface area contributed by atoms with E-state index in [0.29, 0.717) is 22.9 Å². The molecule has 0 spiro atoms. The van der Waals surface area contributed by atoms with Gasteiger partial charge in [0.2, 0.25) is 0 Å². The predicted octanol–water partition coefficient (Wildman–Crippen LogP) is 2.60. The number of nitrogens with zero attached hydrogens (tertiary/aromatic N) is 1. The molecule has 1 aromatic carbocycles. The lowest BCUT2D eigenvalue weighted by Crippen LogP contribution is -2.16. The Hall–Kier alpha value is -2.01. The Bertz CT molecular complexity index is 601. The third-order valence-electron chi connectivity index (χ3n) is 2.76. The fourth-order valence-electron chi connectivity index (χ4n) is 1.59. The Morgan fingerprint density at radius 1 is 1.42 bits per heavy atom. The van der Waals surface area contributed by atoms with Crippen molar-refractivity contribution in [1.29, 1.82) is 0 Å². The van der Waals surface area contributed by atoms with E-state index in [4.69, 9.17) is 9.47 Å². The van der Waals surface area contributed by atoms with Crippen LogP contribution in [0, 0.1) is 5.82 Å². The third kappa shape index (κ3) is 3.06. The summed E-state index contributed by atoms with van der Waals surface area (Å²) < 4.78 is 24.2. The number of hydrogen-bond acceptors (Lipinski definition) is 4. The topological polar surface area (TPSA) is 48.4 Å². The molecule has 0 N–H and O–H groups in total. The van der Waals surface area contributed by atoms with Crippen LogP contribution in [0.25, 0.3) is 10.9 Å². The average molecular weight is 263 g/mol. The number of pyridine rings is 1. The van der Waals surface area contributed by atoms with E-state index in [-0.39, 0.29) is 18.5 Å². The van der Waals surface area contributed by atoms with Gasteiger partial charge in [-0.25, -0.2) is 9.37 Å². The highest BCUT2D eigenvalue weighted by molar-refractivity contribution is 5.84. The van der Waals surface area contributed by atoms with E-state index in [1.54, 1.807) is 19.2 Å². The quantitative estimate of drug-likeness (QED) is 0.778. The van der Waals surface area contributed by atoms with Gasteiger partial charge in [-0.1, -0.05) is 6.07 Å². The summed E-state index contributed by atoms with van der Waals surface area (Å²) in [5.74, 6) is -0.358. The fourth-order valence-corrected chi connectivity index (χ4v) is 1.59. The Morgan fingerprint density at radius 3 is 2.89 bits per heavy atom. The molecule has 0 saturated heterocycles. The number of aromatic nitrogens is 1. The molecule has 2 rings (SSSR count). The molecule has 0 saturated carbocycles. The largest absolute Gasteiger partial charge is 0.488 e. The summed E-state index contributed by atoms with van der Waals surface area (Å²) in [7, 11) is 1.56. The van der Waals surface area contributed by atoms with Gasteiger partial charge in [0.25, 0.3) is 0 Å². The first-order chi connectivity index (χ1) is 9.13. The minimum atomic E-state index is -0.462. The molecule has 19 heavy (non-hydrogen) atoms. The minimum absolute atomic E-state index is 0.104. The summed E-state index contributed by atoms with van der Waals surface area (Å²) in [6.45, 7) is 2.06. The number of rotatable bonds is 5. The molecule has 0 aliphatic rings. The lowest BCUT2D eigenvalue weighted by Gasteiger charge is -2.12. The van der Waals surface area contributed by atoms with Crippen molar-refractivity contribution in [3.63, 3.8) is 0 Å². The molecule has 2 aromatic rings. The van der Waals surface area contributed by atoms with Crippen LogP contribution >= 0.6 is 0 Å². The Labute approximate surface area is 110 Å². The molecule has 0 radical (unpaired) electrons. The smallest absolute Gasteiger partial charge is 0.168 e. The van der Waals surface area contributed by atoms with Crippen molar-refractivity contribution in [2.45, 2.75) is 13.0 Å². The molecule has 0 amide bonds. The summed E-state index contributed by atoms with van der Waals surface area (Å²) in [6.07, 6.45) is 0.514. The monoisotopic (exact) mass is 263 g/mol. The number of hydrogen-bond donors (Lipinski definition) is 0. The van der Waals surface area contributed by atoms with Crippen LogP contribution in [-0.4, -0.2) is 31.1 Å². The normalized spacial score (nSPS) is 12.4. The first-order valence-corrected chi connectivity index (χ1v) is 5.85. The summed E-state index contributed by atoms with van der Waals surface area (Å²) >= 11 is 0. The molecule has 1 heterocycles. The van der Waals surface area contributed by atoms with Crippen molar-refractivity contribution in [3.8, 4) is 5.75 Å². The number of halogens is 1. The SMILES string of the molecule is CO[C@H](C)COc1cc2nc(C=O)ccc2cc1F. The van der Waals surface area contributed by atoms with E-state index in [2.05, 4.69) is 4.98 Å². The second-order valence-corrected chi connectivity index (χ2v) is 4.19.